The van der Waals surface area contributed by atoms with E-state index >= 15 is 0 Å². The third-order valence-corrected chi connectivity index (χ3v) is 3.81. The highest BCUT2D eigenvalue weighted by Crippen LogP contribution is 2.24. The lowest BCUT2D eigenvalue weighted by molar-refractivity contribution is 0.143. The minimum atomic E-state index is 0.847. The summed E-state index contributed by atoms with van der Waals surface area (Å²) in [5.74, 6) is 0.973. The van der Waals surface area contributed by atoms with E-state index in [-0.39, 0.29) is 0 Å². The lowest BCUT2D eigenvalue weighted by atomic mass is 10.1. The van der Waals surface area contributed by atoms with E-state index in [1.165, 1.54) is 51.6 Å². The molecule has 0 saturated heterocycles. The minimum absolute atomic E-state index is 0.847. The topological polar surface area (TPSA) is 24.5 Å². The molecule has 0 aliphatic heterocycles. The van der Waals surface area contributed by atoms with Gasteiger partial charge in [-0.15, -0.1) is 0 Å². The fourth-order valence-corrected chi connectivity index (χ4v) is 2.72. The summed E-state index contributed by atoms with van der Waals surface area (Å²) in [6.45, 7) is 8.55. The van der Waals surface area contributed by atoms with Gasteiger partial charge < -0.3 is 15.0 Å². The number of likely N-dealkylation sites (N-methyl/N-ethyl adjacent to an activating group) is 1. The van der Waals surface area contributed by atoms with Crippen LogP contribution in [0.2, 0.25) is 0 Å². The van der Waals surface area contributed by atoms with Crippen molar-refractivity contribution in [1.29, 1.82) is 0 Å². The Morgan fingerprint density at radius 1 is 1.17 bits per heavy atom. The van der Waals surface area contributed by atoms with Crippen molar-refractivity contribution < 1.29 is 4.74 Å². The average Bonchev–Trinajstić information content (AvgIpc) is 2.85. The van der Waals surface area contributed by atoms with Gasteiger partial charge in [0, 0.05) is 32.8 Å². The van der Waals surface area contributed by atoms with Crippen molar-refractivity contribution in [3.05, 3.63) is 0 Å². The molecule has 1 aliphatic carbocycles. The lowest BCUT2D eigenvalue weighted by Crippen LogP contribution is -2.32. The normalized spacial score (nSPS) is 16.8. The zero-order chi connectivity index (χ0) is 13.1. The van der Waals surface area contributed by atoms with Gasteiger partial charge >= 0.3 is 0 Å². The summed E-state index contributed by atoms with van der Waals surface area (Å²) in [6, 6.07) is 0. The number of ether oxygens (including phenoxy) is 1. The van der Waals surface area contributed by atoms with Gasteiger partial charge in [0.1, 0.15) is 0 Å². The first-order valence-electron chi connectivity index (χ1n) is 7.80. The molecule has 3 nitrogen and oxygen atoms in total. The highest BCUT2D eigenvalue weighted by molar-refractivity contribution is 4.70. The standard InChI is InChI=1S/C15H32N2O/c1-3-18-13-7-6-10-16-11-12-17(2)14-15-8-4-5-9-15/h15-16H,3-14H2,1-2H3. The van der Waals surface area contributed by atoms with Crippen LogP contribution in [0.25, 0.3) is 0 Å². The molecule has 18 heavy (non-hydrogen) atoms. The summed E-state index contributed by atoms with van der Waals surface area (Å²) in [5.41, 5.74) is 0. The van der Waals surface area contributed by atoms with Gasteiger partial charge in [-0.2, -0.15) is 0 Å². The molecule has 0 heterocycles. The summed E-state index contributed by atoms with van der Waals surface area (Å²) < 4.78 is 5.32. The van der Waals surface area contributed by atoms with Gasteiger partial charge in [0.15, 0.2) is 0 Å². The molecule has 0 atom stereocenters. The SMILES string of the molecule is CCOCCCCNCCN(C)CC1CCCC1. The van der Waals surface area contributed by atoms with Crippen molar-refractivity contribution in [2.75, 3.05) is 46.4 Å². The molecule has 0 spiro atoms. The van der Waals surface area contributed by atoms with Crippen LogP contribution in [0.3, 0.4) is 0 Å². The van der Waals surface area contributed by atoms with Gasteiger partial charge in [0.2, 0.25) is 0 Å². The third kappa shape index (κ3) is 8.06. The molecule has 1 N–H and O–H groups in total. The molecule has 0 bridgehead atoms. The second-order valence-electron chi connectivity index (χ2n) is 5.57. The Kier molecular flexibility index (Phi) is 9.54. The van der Waals surface area contributed by atoms with Gasteiger partial charge in [0.05, 0.1) is 0 Å². The molecule has 3 heteroatoms. The van der Waals surface area contributed by atoms with Gasteiger partial charge in [-0.05, 0) is 52.1 Å². The molecule has 0 unspecified atom stereocenters. The van der Waals surface area contributed by atoms with E-state index in [0.29, 0.717) is 0 Å². The van der Waals surface area contributed by atoms with Crippen LogP contribution in [0.15, 0.2) is 0 Å². The van der Waals surface area contributed by atoms with Crippen molar-refractivity contribution >= 4 is 0 Å². The molecule has 0 amide bonds. The number of hydrogen-bond donors (Lipinski definition) is 1. The number of rotatable bonds is 11. The summed E-state index contributed by atoms with van der Waals surface area (Å²) in [4.78, 5) is 2.49. The molecule has 0 aromatic carbocycles. The summed E-state index contributed by atoms with van der Waals surface area (Å²) in [6.07, 6.45) is 8.22. The number of unbranched alkanes of at least 4 members (excludes halogenated alkanes) is 1. The Labute approximate surface area is 113 Å². The minimum Gasteiger partial charge on any atom is -0.382 e. The summed E-state index contributed by atoms with van der Waals surface area (Å²) >= 11 is 0. The molecule has 1 fully saturated rings. The van der Waals surface area contributed by atoms with Crippen LogP contribution in [0.4, 0.5) is 0 Å². The molecule has 1 aliphatic rings. The lowest BCUT2D eigenvalue weighted by Gasteiger charge is -2.20. The van der Waals surface area contributed by atoms with Crippen molar-refractivity contribution in [3.63, 3.8) is 0 Å². The number of hydrogen-bond acceptors (Lipinski definition) is 3. The fraction of sp³-hybridized carbons (Fsp3) is 1.00. The Morgan fingerprint density at radius 3 is 2.67 bits per heavy atom. The average molecular weight is 256 g/mol. The fourth-order valence-electron chi connectivity index (χ4n) is 2.72. The van der Waals surface area contributed by atoms with E-state index in [2.05, 4.69) is 24.2 Å². The van der Waals surface area contributed by atoms with E-state index in [0.717, 1.165) is 32.2 Å². The molecule has 0 radical (unpaired) electrons. The van der Waals surface area contributed by atoms with Crippen molar-refractivity contribution in [1.82, 2.24) is 10.2 Å². The number of nitrogens with zero attached hydrogens (tertiary/aromatic N) is 1. The Morgan fingerprint density at radius 2 is 1.94 bits per heavy atom. The monoisotopic (exact) mass is 256 g/mol. The Balaban J connectivity index is 1.81. The van der Waals surface area contributed by atoms with Crippen LogP contribution < -0.4 is 5.32 Å². The molecule has 108 valence electrons. The first-order valence-corrected chi connectivity index (χ1v) is 7.80. The molecule has 1 saturated carbocycles. The van der Waals surface area contributed by atoms with Gasteiger partial charge in [0.25, 0.3) is 0 Å². The van der Waals surface area contributed by atoms with Crippen LogP contribution in [0.1, 0.15) is 45.4 Å². The zero-order valence-electron chi connectivity index (χ0n) is 12.4. The van der Waals surface area contributed by atoms with Crippen LogP contribution >= 0.6 is 0 Å². The van der Waals surface area contributed by atoms with E-state index in [9.17, 15) is 0 Å². The highest BCUT2D eigenvalue weighted by atomic mass is 16.5. The van der Waals surface area contributed by atoms with E-state index < -0.39 is 0 Å². The van der Waals surface area contributed by atoms with Crippen molar-refractivity contribution in [3.8, 4) is 0 Å². The molecule has 0 aromatic rings. The highest BCUT2D eigenvalue weighted by Gasteiger charge is 2.16. The summed E-state index contributed by atoms with van der Waals surface area (Å²) in [7, 11) is 2.26. The molecular formula is C15H32N2O. The maximum atomic E-state index is 5.32. The van der Waals surface area contributed by atoms with E-state index in [4.69, 9.17) is 4.74 Å². The second-order valence-corrected chi connectivity index (χ2v) is 5.57. The predicted molar refractivity (Wildman–Crippen MR) is 78.1 cm³/mol. The van der Waals surface area contributed by atoms with Crippen LogP contribution in [-0.2, 0) is 4.74 Å². The maximum absolute atomic E-state index is 5.32. The van der Waals surface area contributed by atoms with Crippen LogP contribution in [0.5, 0.6) is 0 Å². The zero-order valence-corrected chi connectivity index (χ0v) is 12.4. The van der Waals surface area contributed by atoms with Crippen molar-refractivity contribution in [2.24, 2.45) is 5.92 Å². The molecule has 1 rings (SSSR count). The smallest absolute Gasteiger partial charge is 0.0466 e. The van der Waals surface area contributed by atoms with E-state index in [1.807, 2.05) is 0 Å². The van der Waals surface area contributed by atoms with Gasteiger partial charge in [-0.1, -0.05) is 12.8 Å². The van der Waals surface area contributed by atoms with Gasteiger partial charge in [-0.3, -0.25) is 0 Å². The molecule has 0 aromatic heterocycles. The molecular weight excluding hydrogens is 224 g/mol. The Bertz CT molecular complexity index is 181. The maximum Gasteiger partial charge on any atom is 0.0466 e. The van der Waals surface area contributed by atoms with Crippen molar-refractivity contribution in [2.45, 2.75) is 45.4 Å². The van der Waals surface area contributed by atoms with Crippen LogP contribution in [-0.4, -0.2) is 51.3 Å². The summed E-state index contributed by atoms with van der Waals surface area (Å²) in [5, 5.41) is 3.52. The Hall–Kier alpha value is -0.120. The van der Waals surface area contributed by atoms with E-state index in [1.54, 1.807) is 0 Å². The largest absolute Gasteiger partial charge is 0.382 e. The third-order valence-electron chi connectivity index (χ3n) is 3.81. The van der Waals surface area contributed by atoms with Gasteiger partial charge in [-0.25, -0.2) is 0 Å². The van der Waals surface area contributed by atoms with Crippen LogP contribution in [0, 0.1) is 5.92 Å². The predicted octanol–water partition coefficient (Wildman–Crippen LogP) is 2.51. The first-order chi connectivity index (χ1) is 8.83. The quantitative estimate of drug-likeness (QED) is 0.575. The second kappa shape index (κ2) is 10.8. The number of nitrogens with one attached hydrogen (secondary N) is 1. The first kappa shape index (κ1) is 15.9.